The van der Waals surface area contributed by atoms with E-state index in [0.717, 1.165) is 9.99 Å². The van der Waals surface area contributed by atoms with Gasteiger partial charge in [-0.2, -0.15) is 0 Å². The third kappa shape index (κ3) is 1.35. The zero-order valence-electron chi connectivity index (χ0n) is 7.63. The Kier molecular flexibility index (Phi) is 2.08. The molecule has 0 fully saturated rings. The van der Waals surface area contributed by atoms with E-state index in [1.54, 1.807) is 0 Å². The predicted octanol–water partition coefficient (Wildman–Crippen LogP) is 3.61. The predicted molar refractivity (Wildman–Crippen MR) is 58.9 cm³/mol. The maximum Gasteiger partial charge on any atom is 0.0742 e. The van der Waals surface area contributed by atoms with Crippen LogP contribution in [0.3, 0.4) is 0 Å². The Morgan fingerprint density at radius 2 is 1.92 bits per heavy atom. The Labute approximate surface area is 85.9 Å². The van der Waals surface area contributed by atoms with E-state index in [9.17, 15) is 0 Å². The van der Waals surface area contributed by atoms with E-state index in [1.807, 2.05) is 6.20 Å². The van der Waals surface area contributed by atoms with Crippen molar-refractivity contribution in [3.8, 4) is 0 Å². The second-order valence-corrected chi connectivity index (χ2v) is 4.02. The van der Waals surface area contributed by atoms with Crippen molar-refractivity contribution in [3.05, 3.63) is 40.0 Å². The van der Waals surface area contributed by atoms with Crippen LogP contribution in [-0.2, 0) is 0 Å². The van der Waals surface area contributed by atoms with Crippen LogP contribution in [0.4, 0.5) is 0 Å². The standard InChI is InChI=1S/C11H10BrN/c1-7-4-3-5-9-10(12)8(2)6-13-11(7)9/h3-6H,1-2H3. The van der Waals surface area contributed by atoms with Crippen molar-refractivity contribution < 1.29 is 0 Å². The van der Waals surface area contributed by atoms with Crippen LogP contribution in [0, 0.1) is 13.8 Å². The molecule has 0 atom stereocenters. The number of hydrogen-bond acceptors (Lipinski definition) is 1. The number of halogens is 1. The van der Waals surface area contributed by atoms with Gasteiger partial charge in [-0.1, -0.05) is 18.2 Å². The third-order valence-corrected chi connectivity index (χ3v) is 3.26. The summed E-state index contributed by atoms with van der Waals surface area (Å²) in [5.74, 6) is 0. The lowest BCUT2D eigenvalue weighted by Gasteiger charge is -2.04. The molecular weight excluding hydrogens is 226 g/mol. The molecule has 66 valence electrons. The van der Waals surface area contributed by atoms with E-state index in [1.165, 1.54) is 16.5 Å². The number of fused-ring (bicyclic) bond motifs is 1. The second kappa shape index (κ2) is 3.11. The topological polar surface area (TPSA) is 12.9 Å². The van der Waals surface area contributed by atoms with Crippen LogP contribution in [0.2, 0.25) is 0 Å². The minimum absolute atomic E-state index is 1.08. The molecule has 2 rings (SSSR count). The first kappa shape index (κ1) is 8.70. The highest BCUT2D eigenvalue weighted by molar-refractivity contribution is 9.10. The zero-order chi connectivity index (χ0) is 9.42. The number of pyridine rings is 1. The van der Waals surface area contributed by atoms with Crippen molar-refractivity contribution in [1.29, 1.82) is 0 Å². The number of benzene rings is 1. The fourth-order valence-corrected chi connectivity index (χ4v) is 1.86. The highest BCUT2D eigenvalue weighted by Gasteiger charge is 2.03. The second-order valence-electron chi connectivity index (χ2n) is 3.23. The minimum Gasteiger partial charge on any atom is -0.256 e. The molecule has 0 N–H and O–H groups in total. The molecule has 13 heavy (non-hydrogen) atoms. The summed E-state index contributed by atoms with van der Waals surface area (Å²) in [5, 5.41) is 1.19. The summed E-state index contributed by atoms with van der Waals surface area (Å²) in [6.07, 6.45) is 1.90. The summed E-state index contributed by atoms with van der Waals surface area (Å²) < 4.78 is 1.15. The molecule has 0 radical (unpaired) electrons. The molecular formula is C11H10BrN. The van der Waals surface area contributed by atoms with Gasteiger partial charge in [0, 0.05) is 16.1 Å². The Bertz CT molecular complexity index is 463. The van der Waals surface area contributed by atoms with Crippen LogP contribution in [0.5, 0.6) is 0 Å². The monoisotopic (exact) mass is 235 g/mol. The Morgan fingerprint density at radius 3 is 2.69 bits per heavy atom. The average molecular weight is 236 g/mol. The van der Waals surface area contributed by atoms with Crippen LogP contribution in [0.1, 0.15) is 11.1 Å². The summed E-state index contributed by atoms with van der Waals surface area (Å²) in [7, 11) is 0. The molecule has 0 saturated carbocycles. The summed E-state index contributed by atoms with van der Waals surface area (Å²) in [6, 6.07) is 6.23. The number of aryl methyl sites for hydroxylation is 2. The van der Waals surface area contributed by atoms with Gasteiger partial charge < -0.3 is 0 Å². The molecule has 2 aromatic rings. The first-order chi connectivity index (χ1) is 6.20. The van der Waals surface area contributed by atoms with Gasteiger partial charge in [-0.15, -0.1) is 0 Å². The fourth-order valence-electron chi connectivity index (χ4n) is 1.44. The van der Waals surface area contributed by atoms with Gasteiger partial charge in [-0.05, 0) is 40.9 Å². The lowest BCUT2D eigenvalue weighted by Crippen LogP contribution is -1.86. The maximum atomic E-state index is 4.41. The molecule has 0 amide bonds. The van der Waals surface area contributed by atoms with E-state index in [4.69, 9.17) is 0 Å². The van der Waals surface area contributed by atoms with Gasteiger partial charge in [-0.3, -0.25) is 4.98 Å². The van der Waals surface area contributed by atoms with Crippen LogP contribution in [0.15, 0.2) is 28.9 Å². The summed E-state index contributed by atoms with van der Waals surface area (Å²) >= 11 is 3.57. The van der Waals surface area contributed by atoms with Gasteiger partial charge in [0.05, 0.1) is 5.52 Å². The van der Waals surface area contributed by atoms with E-state index in [2.05, 4.69) is 53.0 Å². The van der Waals surface area contributed by atoms with Gasteiger partial charge in [0.25, 0.3) is 0 Å². The molecule has 1 aromatic carbocycles. The molecule has 1 heterocycles. The molecule has 1 nitrogen and oxygen atoms in total. The van der Waals surface area contributed by atoms with Crippen molar-refractivity contribution in [1.82, 2.24) is 4.98 Å². The van der Waals surface area contributed by atoms with Crippen molar-refractivity contribution in [2.75, 3.05) is 0 Å². The van der Waals surface area contributed by atoms with Crippen LogP contribution in [-0.4, -0.2) is 4.98 Å². The molecule has 2 heteroatoms. The smallest absolute Gasteiger partial charge is 0.0742 e. The van der Waals surface area contributed by atoms with E-state index in [-0.39, 0.29) is 0 Å². The number of rotatable bonds is 0. The first-order valence-electron chi connectivity index (χ1n) is 4.20. The zero-order valence-corrected chi connectivity index (χ0v) is 9.22. The van der Waals surface area contributed by atoms with E-state index in [0.29, 0.717) is 0 Å². The molecule has 0 spiro atoms. The number of nitrogens with zero attached hydrogens (tertiary/aromatic N) is 1. The fraction of sp³-hybridized carbons (Fsp3) is 0.182. The van der Waals surface area contributed by atoms with Gasteiger partial charge in [-0.25, -0.2) is 0 Å². The maximum absolute atomic E-state index is 4.41. The summed E-state index contributed by atoms with van der Waals surface area (Å²) in [4.78, 5) is 4.41. The average Bonchev–Trinajstić information content (AvgIpc) is 2.12. The van der Waals surface area contributed by atoms with Gasteiger partial charge in [0.2, 0.25) is 0 Å². The normalized spacial score (nSPS) is 10.7. The van der Waals surface area contributed by atoms with Gasteiger partial charge >= 0.3 is 0 Å². The number of aromatic nitrogens is 1. The van der Waals surface area contributed by atoms with Crippen molar-refractivity contribution in [3.63, 3.8) is 0 Å². The number of hydrogen-bond donors (Lipinski definition) is 0. The first-order valence-corrected chi connectivity index (χ1v) is 5.00. The van der Waals surface area contributed by atoms with Crippen molar-refractivity contribution >= 4 is 26.8 Å². The lowest BCUT2D eigenvalue weighted by molar-refractivity contribution is 1.29. The van der Waals surface area contributed by atoms with E-state index < -0.39 is 0 Å². The Morgan fingerprint density at radius 1 is 1.15 bits per heavy atom. The highest BCUT2D eigenvalue weighted by Crippen LogP contribution is 2.26. The lowest BCUT2D eigenvalue weighted by atomic mass is 10.1. The minimum atomic E-state index is 1.08. The molecule has 0 bridgehead atoms. The summed E-state index contributed by atoms with van der Waals surface area (Å²) in [6.45, 7) is 4.13. The van der Waals surface area contributed by atoms with E-state index >= 15 is 0 Å². The quantitative estimate of drug-likeness (QED) is 0.680. The molecule has 0 unspecified atom stereocenters. The SMILES string of the molecule is Cc1cnc2c(C)cccc2c1Br. The molecule has 0 aliphatic heterocycles. The van der Waals surface area contributed by atoms with Crippen molar-refractivity contribution in [2.45, 2.75) is 13.8 Å². The summed E-state index contributed by atoms with van der Waals surface area (Å²) in [5.41, 5.74) is 3.48. The van der Waals surface area contributed by atoms with Crippen molar-refractivity contribution in [2.24, 2.45) is 0 Å². The van der Waals surface area contributed by atoms with Crippen LogP contribution < -0.4 is 0 Å². The Balaban J connectivity index is 2.94. The third-order valence-electron chi connectivity index (χ3n) is 2.21. The molecule has 1 aromatic heterocycles. The number of para-hydroxylation sites is 1. The van der Waals surface area contributed by atoms with Crippen LogP contribution in [0.25, 0.3) is 10.9 Å². The van der Waals surface area contributed by atoms with Gasteiger partial charge in [0.1, 0.15) is 0 Å². The Hall–Kier alpha value is -0.890. The molecule has 0 aliphatic carbocycles. The van der Waals surface area contributed by atoms with Gasteiger partial charge in [0.15, 0.2) is 0 Å². The largest absolute Gasteiger partial charge is 0.256 e. The van der Waals surface area contributed by atoms with Crippen LogP contribution >= 0.6 is 15.9 Å². The highest BCUT2D eigenvalue weighted by atomic mass is 79.9. The molecule has 0 saturated heterocycles. The molecule has 0 aliphatic rings.